The Morgan fingerprint density at radius 1 is 1.05 bits per heavy atom. The summed E-state index contributed by atoms with van der Waals surface area (Å²) in [5, 5.41) is 17.8. The van der Waals surface area contributed by atoms with E-state index >= 15 is 0 Å². The van der Waals surface area contributed by atoms with E-state index < -0.39 is 9.84 Å². The molecule has 0 saturated heterocycles. The molecule has 0 atom stereocenters. The van der Waals surface area contributed by atoms with Gasteiger partial charge in [-0.2, -0.15) is 5.26 Å². The van der Waals surface area contributed by atoms with Crippen molar-refractivity contribution in [2.24, 2.45) is 0 Å². The van der Waals surface area contributed by atoms with Crippen molar-refractivity contribution in [2.45, 2.75) is 4.90 Å². The van der Waals surface area contributed by atoms with E-state index in [1.165, 1.54) is 36.4 Å². The maximum Gasteiger partial charge on any atom is 0.181 e. The van der Waals surface area contributed by atoms with Crippen molar-refractivity contribution in [3.63, 3.8) is 0 Å². The molecule has 0 aliphatic carbocycles. The van der Waals surface area contributed by atoms with Crippen LogP contribution in [0.15, 0.2) is 53.4 Å². The van der Waals surface area contributed by atoms with Gasteiger partial charge in [0.05, 0.1) is 22.3 Å². The van der Waals surface area contributed by atoms with Gasteiger partial charge in [0.25, 0.3) is 0 Å². The number of phenols is 1. The van der Waals surface area contributed by atoms with E-state index in [1.54, 1.807) is 12.1 Å². The smallest absolute Gasteiger partial charge is 0.181 e. The van der Waals surface area contributed by atoms with Crippen LogP contribution in [0.25, 0.3) is 0 Å². The maximum absolute atomic E-state index is 12.1. The van der Waals surface area contributed by atoms with E-state index in [4.69, 9.17) is 15.1 Å². The van der Waals surface area contributed by atoms with Crippen molar-refractivity contribution in [1.29, 1.82) is 5.26 Å². The van der Waals surface area contributed by atoms with Crippen molar-refractivity contribution >= 4 is 9.84 Å². The standard InChI is InChI=1S/C15H13NO4S/c16-11-12-1-7-15(8-2-12)21(18,19)10-9-20-14-5-3-13(17)4-6-14/h1-8,17H,9-10H2. The number of hydrogen-bond acceptors (Lipinski definition) is 5. The molecule has 108 valence electrons. The number of aromatic hydroxyl groups is 1. The highest BCUT2D eigenvalue weighted by Gasteiger charge is 2.14. The summed E-state index contributed by atoms with van der Waals surface area (Å²) in [5.74, 6) is 0.440. The minimum atomic E-state index is -3.45. The fraction of sp³-hybridized carbons (Fsp3) is 0.133. The lowest BCUT2D eigenvalue weighted by molar-refractivity contribution is 0.340. The van der Waals surface area contributed by atoms with E-state index in [0.717, 1.165) is 0 Å². The van der Waals surface area contributed by atoms with Gasteiger partial charge < -0.3 is 9.84 Å². The second kappa shape index (κ2) is 6.29. The van der Waals surface area contributed by atoms with E-state index in [9.17, 15) is 8.42 Å². The highest BCUT2D eigenvalue weighted by Crippen LogP contribution is 2.17. The SMILES string of the molecule is N#Cc1ccc(S(=O)(=O)CCOc2ccc(O)cc2)cc1. The predicted octanol–water partition coefficient (Wildman–Crippen LogP) is 2.12. The van der Waals surface area contributed by atoms with Gasteiger partial charge in [-0.1, -0.05) is 0 Å². The Bertz CT molecular complexity index is 744. The largest absolute Gasteiger partial charge is 0.508 e. The zero-order valence-electron chi connectivity index (χ0n) is 11.1. The van der Waals surface area contributed by atoms with Gasteiger partial charge in [-0.25, -0.2) is 8.42 Å². The van der Waals surface area contributed by atoms with Gasteiger partial charge in [-0.15, -0.1) is 0 Å². The van der Waals surface area contributed by atoms with Gasteiger partial charge in [0.2, 0.25) is 0 Å². The number of rotatable bonds is 5. The molecule has 0 bridgehead atoms. The molecule has 21 heavy (non-hydrogen) atoms. The summed E-state index contributed by atoms with van der Waals surface area (Å²) in [6.45, 7) is 0.00705. The zero-order valence-corrected chi connectivity index (χ0v) is 11.9. The molecule has 0 fully saturated rings. The summed E-state index contributed by atoms with van der Waals surface area (Å²) >= 11 is 0. The quantitative estimate of drug-likeness (QED) is 0.914. The average Bonchev–Trinajstić information content (AvgIpc) is 2.49. The Balaban J connectivity index is 1.97. The lowest BCUT2D eigenvalue weighted by Crippen LogP contribution is -2.14. The van der Waals surface area contributed by atoms with Gasteiger partial charge >= 0.3 is 0 Å². The molecule has 0 aliphatic rings. The summed E-state index contributed by atoms with van der Waals surface area (Å²) in [5.41, 5.74) is 0.411. The number of nitrogens with zero attached hydrogens (tertiary/aromatic N) is 1. The second-order valence-electron chi connectivity index (χ2n) is 4.30. The molecule has 2 aromatic carbocycles. The van der Waals surface area contributed by atoms with Crippen molar-refractivity contribution in [2.75, 3.05) is 12.4 Å². The molecular formula is C15H13NO4S. The average molecular weight is 303 g/mol. The van der Waals surface area contributed by atoms with Crippen molar-refractivity contribution in [3.8, 4) is 17.6 Å². The van der Waals surface area contributed by atoms with Crippen LogP contribution < -0.4 is 4.74 Å². The third-order valence-corrected chi connectivity index (χ3v) is 4.49. The number of nitriles is 1. The minimum absolute atomic E-state index is 0.00705. The molecule has 0 heterocycles. The highest BCUT2D eigenvalue weighted by atomic mass is 32.2. The normalized spacial score (nSPS) is 10.8. The Hall–Kier alpha value is -2.52. The Morgan fingerprint density at radius 3 is 2.24 bits per heavy atom. The molecule has 1 N–H and O–H groups in total. The molecule has 0 aliphatic heterocycles. The highest BCUT2D eigenvalue weighted by molar-refractivity contribution is 7.91. The Morgan fingerprint density at radius 2 is 1.67 bits per heavy atom. The zero-order chi connectivity index (χ0) is 15.3. The van der Waals surface area contributed by atoms with Gasteiger partial charge in [-0.3, -0.25) is 0 Å². The molecule has 6 heteroatoms. The van der Waals surface area contributed by atoms with E-state index in [0.29, 0.717) is 11.3 Å². The third kappa shape index (κ3) is 3.97. The van der Waals surface area contributed by atoms with E-state index in [2.05, 4.69) is 0 Å². The number of benzene rings is 2. The predicted molar refractivity (Wildman–Crippen MR) is 76.8 cm³/mol. The topological polar surface area (TPSA) is 87.4 Å². The first-order valence-electron chi connectivity index (χ1n) is 6.16. The fourth-order valence-electron chi connectivity index (χ4n) is 1.67. The van der Waals surface area contributed by atoms with Crippen molar-refractivity contribution < 1.29 is 18.3 Å². The summed E-state index contributed by atoms with van der Waals surface area (Å²) < 4.78 is 29.5. The molecule has 0 radical (unpaired) electrons. The molecule has 0 spiro atoms. The number of phenolic OH excluding ortho intramolecular Hbond substituents is 1. The van der Waals surface area contributed by atoms with Gasteiger partial charge in [-0.05, 0) is 48.5 Å². The van der Waals surface area contributed by atoms with Crippen LogP contribution in [-0.2, 0) is 9.84 Å². The van der Waals surface area contributed by atoms with Gasteiger partial charge in [0.15, 0.2) is 9.84 Å². The summed E-state index contributed by atoms with van der Waals surface area (Å²) in [6, 6.07) is 13.7. The molecule has 5 nitrogen and oxygen atoms in total. The molecular weight excluding hydrogens is 290 g/mol. The van der Waals surface area contributed by atoms with Crippen LogP contribution in [0.3, 0.4) is 0 Å². The number of hydrogen-bond donors (Lipinski definition) is 1. The molecule has 0 unspecified atom stereocenters. The van der Waals surface area contributed by atoms with Gasteiger partial charge in [0.1, 0.15) is 18.1 Å². The molecule has 0 aromatic heterocycles. The summed E-state index contributed by atoms with van der Waals surface area (Å²) in [4.78, 5) is 0.163. The Labute approximate surface area is 123 Å². The first-order chi connectivity index (χ1) is 10.0. The van der Waals surface area contributed by atoms with Crippen molar-refractivity contribution in [1.82, 2.24) is 0 Å². The minimum Gasteiger partial charge on any atom is -0.508 e. The van der Waals surface area contributed by atoms with E-state index in [-0.39, 0.29) is 23.0 Å². The third-order valence-electron chi connectivity index (χ3n) is 2.80. The van der Waals surface area contributed by atoms with Crippen LogP contribution >= 0.6 is 0 Å². The molecule has 0 saturated carbocycles. The number of ether oxygens (including phenoxy) is 1. The molecule has 2 rings (SSSR count). The van der Waals surface area contributed by atoms with Crippen molar-refractivity contribution in [3.05, 3.63) is 54.1 Å². The van der Waals surface area contributed by atoms with E-state index in [1.807, 2.05) is 6.07 Å². The van der Waals surface area contributed by atoms with Crippen LogP contribution in [0.1, 0.15) is 5.56 Å². The van der Waals surface area contributed by atoms with Crippen LogP contribution in [0.4, 0.5) is 0 Å². The number of sulfone groups is 1. The summed E-state index contributed by atoms with van der Waals surface area (Å²) in [6.07, 6.45) is 0. The van der Waals surface area contributed by atoms with Crippen LogP contribution in [0.5, 0.6) is 11.5 Å². The lowest BCUT2D eigenvalue weighted by atomic mass is 10.2. The maximum atomic E-state index is 12.1. The Kier molecular flexibility index (Phi) is 4.45. The van der Waals surface area contributed by atoms with Crippen LogP contribution in [0.2, 0.25) is 0 Å². The first-order valence-corrected chi connectivity index (χ1v) is 7.81. The molecule has 0 amide bonds. The fourth-order valence-corrected chi connectivity index (χ4v) is 2.76. The molecule has 2 aromatic rings. The van der Waals surface area contributed by atoms with Crippen LogP contribution in [0, 0.1) is 11.3 Å². The second-order valence-corrected chi connectivity index (χ2v) is 6.41. The summed E-state index contributed by atoms with van der Waals surface area (Å²) in [7, 11) is -3.45. The first kappa shape index (κ1) is 14.9. The van der Waals surface area contributed by atoms with Gasteiger partial charge in [0, 0.05) is 0 Å². The lowest BCUT2D eigenvalue weighted by Gasteiger charge is -2.07. The monoisotopic (exact) mass is 303 g/mol. The van der Waals surface area contributed by atoms with Crippen LogP contribution in [-0.4, -0.2) is 25.9 Å².